The number of hydrogen-bond acceptors (Lipinski definition) is 3. The summed E-state index contributed by atoms with van der Waals surface area (Å²) < 4.78 is 5.34. The van der Waals surface area contributed by atoms with E-state index in [-0.39, 0.29) is 18.6 Å². The molecule has 0 fully saturated rings. The Morgan fingerprint density at radius 3 is 2.80 bits per heavy atom. The molecule has 4 nitrogen and oxygen atoms in total. The van der Waals surface area contributed by atoms with Gasteiger partial charge in [-0.3, -0.25) is 10.1 Å². The van der Waals surface area contributed by atoms with Gasteiger partial charge in [-0.2, -0.15) is 0 Å². The van der Waals surface area contributed by atoms with Crippen molar-refractivity contribution in [3.05, 3.63) is 0 Å². The summed E-state index contributed by atoms with van der Waals surface area (Å²) in [6, 6.07) is 0. The quantitative estimate of drug-likeness (QED) is 0.480. The molecule has 0 spiro atoms. The van der Waals surface area contributed by atoms with E-state index in [2.05, 4.69) is 11.2 Å². The molecule has 0 unspecified atom stereocenters. The number of ether oxygens (including phenoxy) is 1. The van der Waals surface area contributed by atoms with Crippen LogP contribution in [0, 0.1) is 12.3 Å². The minimum atomic E-state index is 0.0256. The molecule has 0 aliphatic rings. The lowest BCUT2D eigenvalue weighted by Gasteiger charge is -2.18. The lowest BCUT2D eigenvalue weighted by atomic mass is 10.4. The molecule has 15 heavy (non-hydrogen) atoms. The van der Waals surface area contributed by atoms with Gasteiger partial charge in [-0.1, -0.05) is 5.92 Å². The predicted octanol–water partition coefficient (Wildman–Crippen LogP) is 0.0926. The van der Waals surface area contributed by atoms with Crippen LogP contribution in [0.5, 0.6) is 0 Å². The zero-order valence-electron chi connectivity index (χ0n) is 9.75. The van der Waals surface area contributed by atoms with E-state index in [1.807, 2.05) is 13.8 Å². The standard InChI is InChI=1S/C11H20N2O2/c1-5-6-12-9-11(14)13(4)7-8-15-10(2)3/h1,10,12H,6-9H2,2-4H3. The number of rotatable bonds is 7. The molecule has 0 radical (unpaired) electrons. The molecule has 0 heterocycles. The van der Waals surface area contributed by atoms with Crippen LogP contribution in [0.2, 0.25) is 0 Å². The minimum absolute atomic E-state index is 0.0256. The molecule has 1 amide bonds. The Balaban J connectivity index is 3.56. The van der Waals surface area contributed by atoms with Crippen LogP contribution in [-0.2, 0) is 9.53 Å². The number of carbonyl (C=O) groups is 1. The van der Waals surface area contributed by atoms with Gasteiger partial charge < -0.3 is 9.64 Å². The molecule has 4 heteroatoms. The van der Waals surface area contributed by atoms with Crippen LogP contribution in [0.25, 0.3) is 0 Å². The first-order valence-electron chi connectivity index (χ1n) is 5.07. The van der Waals surface area contributed by atoms with Crippen molar-refractivity contribution in [2.75, 3.05) is 33.3 Å². The van der Waals surface area contributed by atoms with Gasteiger partial charge in [0, 0.05) is 13.6 Å². The summed E-state index contributed by atoms with van der Waals surface area (Å²) in [4.78, 5) is 13.1. The van der Waals surface area contributed by atoms with Crippen LogP contribution in [0.1, 0.15) is 13.8 Å². The number of carbonyl (C=O) groups excluding carboxylic acids is 1. The summed E-state index contributed by atoms with van der Waals surface area (Å²) in [6.07, 6.45) is 5.25. The molecule has 1 N–H and O–H groups in total. The Morgan fingerprint density at radius 2 is 2.27 bits per heavy atom. The van der Waals surface area contributed by atoms with E-state index in [0.717, 1.165) is 0 Å². The first-order chi connectivity index (χ1) is 7.07. The summed E-state index contributed by atoms with van der Waals surface area (Å²) in [5, 5.41) is 2.85. The number of amides is 1. The van der Waals surface area contributed by atoms with Crippen molar-refractivity contribution in [3.8, 4) is 12.3 Å². The first kappa shape index (κ1) is 13.9. The molecule has 0 saturated carbocycles. The second-order valence-corrected chi connectivity index (χ2v) is 3.54. The number of hydrogen-bond donors (Lipinski definition) is 1. The maximum atomic E-state index is 11.4. The highest BCUT2D eigenvalue weighted by Gasteiger charge is 2.07. The molecule has 0 saturated heterocycles. The van der Waals surface area contributed by atoms with Crippen molar-refractivity contribution < 1.29 is 9.53 Å². The lowest BCUT2D eigenvalue weighted by Crippen LogP contribution is -2.37. The van der Waals surface area contributed by atoms with Gasteiger partial charge in [0.2, 0.25) is 5.91 Å². The van der Waals surface area contributed by atoms with Gasteiger partial charge in [0.05, 0.1) is 25.8 Å². The van der Waals surface area contributed by atoms with Crippen LogP contribution < -0.4 is 5.32 Å². The van der Waals surface area contributed by atoms with Crippen molar-refractivity contribution in [2.24, 2.45) is 0 Å². The first-order valence-corrected chi connectivity index (χ1v) is 5.07. The number of likely N-dealkylation sites (N-methyl/N-ethyl adjacent to an activating group) is 1. The average Bonchev–Trinajstić information content (AvgIpc) is 2.17. The Hall–Kier alpha value is -1.05. The van der Waals surface area contributed by atoms with E-state index < -0.39 is 0 Å². The zero-order valence-corrected chi connectivity index (χ0v) is 9.75. The summed E-state index contributed by atoms with van der Waals surface area (Å²) >= 11 is 0. The molecule has 0 aromatic carbocycles. The maximum Gasteiger partial charge on any atom is 0.236 e. The van der Waals surface area contributed by atoms with Gasteiger partial charge in [-0.05, 0) is 13.8 Å². The summed E-state index contributed by atoms with van der Waals surface area (Å²) in [6.45, 7) is 5.81. The summed E-state index contributed by atoms with van der Waals surface area (Å²) in [7, 11) is 1.75. The fourth-order valence-electron chi connectivity index (χ4n) is 0.927. The third kappa shape index (κ3) is 7.98. The molecule has 86 valence electrons. The second kappa shape index (κ2) is 8.27. The fraction of sp³-hybridized carbons (Fsp3) is 0.727. The highest BCUT2D eigenvalue weighted by Crippen LogP contribution is 1.89. The smallest absolute Gasteiger partial charge is 0.236 e. The highest BCUT2D eigenvalue weighted by molar-refractivity contribution is 5.77. The van der Waals surface area contributed by atoms with E-state index in [1.54, 1.807) is 11.9 Å². The third-order valence-electron chi connectivity index (χ3n) is 1.81. The average molecular weight is 212 g/mol. The minimum Gasteiger partial charge on any atom is -0.377 e. The SMILES string of the molecule is C#CCNCC(=O)N(C)CCOC(C)C. The largest absolute Gasteiger partial charge is 0.377 e. The number of nitrogens with one attached hydrogen (secondary N) is 1. The van der Waals surface area contributed by atoms with E-state index in [0.29, 0.717) is 19.7 Å². The molecule has 0 bridgehead atoms. The Kier molecular flexibility index (Phi) is 7.69. The monoisotopic (exact) mass is 212 g/mol. The maximum absolute atomic E-state index is 11.4. The highest BCUT2D eigenvalue weighted by atomic mass is 16.5. The molecule has 0 rings (SSSR count). The van der Waals surface area contributed by atoms with E-state index in [4.69, 9.17) is 11.2 Å². The third-order valence-corrected chi connectivity index (χ3v) is 1.81. The van der Waals surface area contributed by atoms with Gasteiger partial charge in [0.25, 0.3) is 0 Å². The summed E-state index contributed by atoms with van der Waals surface area (Å²) in [5.74, 6) is 2.44. The van der Waals surface area contributed by atoms with Crippen LogP contribution in [-0.4, -0.2) is 50.2 Å². The lowest BCUT2D eigenvalue weighted by molar-refractivity contribution is -0.129. The van der Waals surface area contributed by atoms with Gasteiger partial charge in [-0.25, -0.2) is 0 Å². The van der Waals surface area contributed by atoms with Gasteiger partial charge in [0.15, 0.2) is 0 Å². The Labute approximate surface area is 92.0 Å². The van der Waals surface area contributed by atoms with Crippen molar-refractivity contribution >= 4 is 5.91 Å². The molecular weight excluding hydrogens is 192 g/mol. The molecule has 0 aliphatic carbocycles. The molecule has 0 aliphatic heterocycles. The van der Waals surface area contributed by atoms with Crippen LogP contribution in [0.3, 0.4) is 0 Å². The van der Waals surface area contributed by atoms with Crippen molar-refractivity contribution in [2.45, 2.75) is 20.0 Å². The van der Waals surface area contributed by atoms with Gasteiger partial charge in [0.1, 0.15) is 0 Å². The topological polar surface area (TPSA) is 41.6 Å². The molecular formula is C11H20N2O2. The van der Waals surface area contributed by atoms with Crippen LogP contribution in [0.4, 0.5) is 0 Å². The molecule has 0 aromatic rings. The second-order valence-electron chi connectivity index (χ2n) is 3.54. The van der Waals surface area contributed by atoms with E-state index in [1.165, 1.54) is 0 Å². The van der Waals surface area contributed by atoms with Crippen molar-refractivity contribution in [1.82, 2.24) is 10.2 Å². The summed E-state index contributed by atoms with van der Waals surface area (Å²) in [5.41, 5.74) is 0. The molecule has 0 atom stereocenters. The zero-order chi connectivity index (χ0) is 11.7. The Bertz CT molecular complexity index is 221. The van der Waals surface area contributed by atoms with Crippen LogP contribution in [0.15, 0.2) is 0 Å². The van der Waals surface area contributed by atoms with E-state index in [9.17, 15) is 4.79 Å². The van der Waals surface area contributed by atoms with Crippen molar-refractivity contribution in [1.29, 1.82) is 0 Å². The van der Waals surface area contributed by atoms with E-state index >= 15 is 0 Å². The normalized spacial score (nSPS) is 10.1. The van der Waals surface area contributed by atoms with Crippen molar-refractivity contribution in [3.63, 3.8) is 0 Å². The fourth-order valence-corrected chi connectivity index (χ4v) is 0.927. The Morgan fingerprint density at radius 1 is 1.60 bits per heavy atom. The van der Waals surface area contributed by atoms with Gasteiger partial charge >= 0.3 is 0 Å². The van der Waals surface area contributed by atoms with Crippen LogP contribution >= 0.6 is 0 Å². The van der Waals surface area contributed by atoms with Gasteiger partial charge in [-0.15, -0.1) is 6.42 Å². The predicted molar refractivity (Wildman–Crippen MR) is 60.4 cm³/mol. The number of terminal acetylenes is 1. The number of nitrogens with zero attached hydrogens (tertiary/aromatic N) is 1. The molecule has 0 aromatic heterocycles.